The van der Waals surface area contributed by atoms with Crippen molar-refractivity contribution in [3.63, 3.8) is 0 Å². The van der Waals surface area contributed by atoms with Crippen LogP contribution in [0.3, 0.4) is 0 Å². The second kappa shape index (κ2) is 8.39. The quantitative estimate of drug-likeness (QED) is 0.813. The van der Waals surface area contributed by atoms with Crippen LogP contribution in [-0.2, 0) is 11.3 Å². The van der Waals surface area contributed by atoms with Crippen molar-refractivity contribution in [2.24, 2.45) is 0 Å². The van der Waals surface area contributed by atoms with Crippen LogP contribution in [0.1, 0.15) is 54.8 Å². The van der Waals surface area contributed by atoms with Crippen molar-refractivity contribution in [1.29, 1.82) is 0 Å². The molecule has 7 nitrogen and oxygen atoms in total. The van der Waals surface area contributed by atoms with E-state index in [4.69, 9.17) is 0 Å². The van der Waals surface area contributed by atoms with Crippen molar-refractivity contribution in [1.82, 2.24) is 30.0 Å². The molecule has 2 aliphatic heterocycles. The summed E-state index contributed by atoms with van der Waals surface area (Å²) in [6, 6.07) is 6.60. The topological polar surface area (TPSA) is 67.2 Å². The van der Waals surface area contributed by atoms with Gasteiger partial charge in [-0.25, -0.2) is 4.68 Å². The Kier molecular flexibility index (Phi) is 5.71. The lowest BCUT2D eigenvalue weighted by molar-refractivity contribution is -0.136. The first kappa shape index (κ1) is 19.1. The lowest BCUT2D eigenvalue weighted by Gasteiger charge is -2.29. The van der Waals surface area contributed by atoms with E-state index >= 15 is 0 Å². The Balaban J connectivity index is 1.56. The van der Waals surface area contributed by atoms with Crippen LogP contribution in [0.4, 0.5) is 0 Å². The predicted octanol–water partition coefficient (Wildman–Crippen LogP) is 2.51. The zero-order valence-corrected chi connectivity index (χ0v) is 16.9. The number of carbonyl (C=O) groups is 1. The number of aromatic nitrogens is 4. The number of likely N-dealkylation sites (tertiary alicyclic amines) is 2. The predicted molar refractivity (Wildman–Crippen MR) is 107 cm³/mol. The molecule has 28 heavy (non-hydrogen) atoms. The van der Waals surface area contributed by atoms with Crippen LogP contribution in [0.15, 0.2) is 24.5 Å². The Morgan fingerprint density at radius 3 is 2.64 bits per heavy atom. The van der Waals surface area contributed by atoms with Gasteiger partial charge in [0.2, 0.25) is 5.91 Å². The van der Waals surface area contributed by atoms with Crippen molar-refractivity contribution in [3.8, 4) is 0 Å². The second-order valence-corrected chi connectivity index (χ2v) is 8.29. The molecule has 1 aromatic heterocycles. The van der Waals surface area contributed by atoms with Crippen molar-refractivity contribution < 1.29 is 4.79 Å². The molecule has 3 heterocycles. The van der Waals surface area contributed by atoms with Crippen molar-refractivity contribution in [2.45, 2.75) is 64.6 Å². The molecule has 0 radical (unpaired) electrons. The van der Waals surface area contributed by atoms with Gasteiger partial charge < -0.3 is 4.90 Å². The highest BCUT2D eigenvalue weighted by atomic mass is 16.2. The van der Waals surface area contributed by atoms with Gasteiger partial charge >= 0.3 is 0 Å². The lowest BCUT2D eigenvalue weighted by Crippen LogP contribution is -2.45. The van der Waals surface area contributed by atoms with Crippen LogP contribution in [-0.4, -0.2) is 61.6 Å². The minimum atomic E-state index is -0.104. The fraction of sp³-hybridized carbons (Fsp3) is 0.619. The third kappa shape index (κ3) is 4.09. The third-order valence-electron chi connectivity index (χ3n) is 6.20. The van der Waals surface area contributed by atoms with Gasteiger partial charge in [0.15, 0.2) is 0 Å². The Hall–Kier alpha value is -2.28. The molecule has 0 aliphatic carbocycles. The smallest absolute Gasteiger partial charge is 0.240 e. The van der Waals surface area contributed by atoms with E-state index in [-0.39, 0.29) is 18.0 Å². The molecule has 1 aromatic carbocycles. The molecule has 2 saturated heterocycles. The highest BCUT2D eigenvalue weighted by Gasteiger charge is 2.40. The maximum absolute atomic E-state index is 13.4. The van der Waals surface area contributed by atoms with Crippen molar-refractivity contribution in [2.75, 3.05) is 19.6 Å². The molecular weight excluding hydrogens is 352 g/mol. The van der Waals surface area contributed by atoms with Gasteiger partial charge in [0.25, 0.3) is 0 Å². The number of hydrogen-bond acceptors (Lipinski definition) is 5. The average molecular weight is 383 g/mol. The summed E-state index contributed by atoms with van der Waals surface area (Å²) in [5.74, 6) is 0.280. The first-order valence-electron chi connectivity index (χ1n) is 10.4. The van der Waals surface area contributed by atoms with Gasteiger partial charge in [-0.15, -0.1) is 5.10 Å². The first-order valence-corrected chi connectivity index (χ1v) is 10.4. The number of hydrogen-bond donors (Lipinski definition) is 0. The van der Waals surface area contributed by atoms with Gasteiger partial charge in [-0.3, -0.25) is 9.69 Å². The number of rotatable bonds is 4. The number of nitrogens with zero attached hydrogens (tertiary/aromatic N) is 6. The minimum absolute atomic E-state index is 0.104. The summed E-state index contributed by atoms with van der Waals surface area (Å²) in [4.78, 5) is 17.9. The molecule has 0 spiro atoms. The van der Waals surface area contributed by atoms with Crippen molar-refractivity contribution >= 4 is 5.91 Å². The summed E-state index contributed by atoms with van der Waals surface area (Å²) in [5.41, 5.74) is 3.83. The van der Waals surface area contributed by atoms with E-state index < -0.39 is 0 Å². The van der Waals surface area contributed by atoms with Crippen LogP contribution in [0.2, 0.25) is 0 Å². The molecule has 2 aliphatic rings. The van der Waals surface area contributed by atoms with E-state index in [1.165, 1.54) is 29.5 Å². The Bertz CT molecular complexity index is 797. The molecule has 2 fully saturated rings. The van der Waals surface area contributed by atoms with Gasteiger partial charge in [0.05, 0.1) is 12.1 Å². The summed E-state index contributed by atoms with van der Waals surface area (Å²) < 4.78 is 1.81. The molecule has 0 saturated carbocycles. The Morgan fingerprint density at radius 1 is 1.14 bits per heavy atom. The highest BCUT2D eigenvalue weighted by molar-refractivity contribution is 5.82. The normalized spacial score (nSPS) is 23.7. The molecule has 2 aromatic rings. The molecule has 0 N–H and O–H groups in total. The van der Waals surface area contributed by atoms with E-state index in [0.29, 0.717) is 0 Å². The molecule has 150 valence electrons. The SMILES string of the molecule is Cc1ccc(C)c(CN2C[C@@H](n3cnnn3)C[C@H]2C(=O)N2CCCCCC2)c1. The molecule has 1 amide bonds. The van der Waals surface area contributed by atoms with Crippen LogP contribution in [0.5, 0.6) is 0 Å². The van der Waals surface area contributed by atoms with Crippen LogP contribution in [0, 0.1) is 13.8 Å². The Labute approximate surface area is 166 Å². The number of carbonyl (C=O) groups excluding carboxylic acids is 1. The summed E-state index contributed by atoms with van der Waals surface area (Å²) >= 11 is 0. The van der Waals surface area contributed by atoms with Crippen molar-refractivity contribution in [3.05, 3.63) is 41.2 Å². The van der Waals surface area contributed by atoms with E-state index in [1.54, 1.807) is 6.33 Å². The van der Waals surface area contributed by atoms with Gasteiger partial charge in [-0.05, 0) is 54.7 Å². The van der Waals surface area contributed by atoms with Gasteiger partial charge in [0, 0.05) is 26.2 Å². The number of aryl methyl sites for hydroxylation is 2. The van der Waals surface area contributed by atoms with Gasteiger partial charge in [-0.1, -0.05) is 36.6 Å². The molecule has 2 atom stereocenters. The summed E-state index contributed by atoms with van der Waals surface area (Å²) in [5, 5.41) is 11.7. The number of benzene rings is 1. The van der Waals surface area contributed by atoms with Crippen LogP contribution in [0.25, 0.3) is 0 Å². The largest absolute Gasteiger partial charge is 0.341 e. The number of amides is 1. The molecule has 0 bridgehead atoms. The number of tetrazole rings is 1. The molecule has 0 unspecified atom stereocenters. The Morgan fingerprint density at radius 2 is 1.93 bits per heavy atom. The second-order valence-electron chi connectivity index (χ2n) is 8.29. The van der Waals surface area contributed by atoms with E-state index in [1.807, 2.05) is 4.68 Å². The summed E-state index contributed by atoms with van der Waals surface area (Å²) in [6.45, 7) is 7.63. The zero-order chi connectivity index (χ0) is 19.5. The minimum Gasteiger partial charge on any atom is -0.341 e. The highest BCUT2D eigenvalue weighted by Crippen LogP contribution is 2.30. The zero-order valence-electron chi connectivity index (χ0n) is 16.9. The van der Waals surface area contributed by atoms with E-state index in [0.717, 1.165) is 45.4 Å². The van der Waals surface area contributed by atoms with Crippen LogP contribution < -0.4 is 0 Å². The summed E-state index contributed by atoms with van der Waals surface area (Å²) in [6.07, 6.45) is 7.13. The monoisotopic (exact) mass is 382 g/mol. The maximum Gasteiger partial charge on any atom is 0.240 e. The van der Waals surface area contributed by atoms with E-state index in [9.17, 15) is 4.79 Å². The molecule has 4 rings (SSSR count). The van der Waals surface area contributed by atoms with E-state index in [2.05, 4.69) is 57.4 Å². The van der Waals surface area contributed by atoms with Gasteiger partial charge in [0.1, 0.15) is 6.33 Å². The lowest BCUT2D eigenvalue weighted by atomic mass is 10.0. The third-order valence-corrected chi connectivity index (χ3v) is 6.20. The molecular formula is C21H30N6O. The maximum atomic E-state index is 13.4. The standard InChI is InChI=1S/C21H30N6O/c1-16-7-8-17(2)18(11-16)13-26-14-19(27-15-22-23-24-27)12-20(26)21(28)25-9-5-3-4-6-10-25/h7-8,11,15,19-20H,3-6,9-10,12-14H2,1-2H3/t19-,20-/m0/s1. The van der Waals surface area contributed by atoms with Gasteiger partial charge in [-0.2, -0.15) is 0 Å². The first-order chi connectivity index (χ1) is 13.6. The fourth-order valence-corrected chi connectivity index (χ4v) is 4.53. The fourth-order valence-electron chi connectivity index (χ4n) is 4.53. The summed E-state index contributed by atoms with van der Waals surface area (Å²) in [7, 11) is 0. The molecule has 7 heteroatoms. The average Bonchev–Trinajstić information content (AvgIpc) is 3.28. The van der Waals surface area contributed by atoms with Crippen LogP contribution >= 0.6 is 0 Å².